The molecule has 1 aliphatic heterocycles. The van der Waals surface area contributed by atoms with Crippen LogP contribution in [0.25, 0.3) is 0 Å². The van der Waals surface area contributed by atoms with Gasteiger partial charge in [0.25, 0.3) is 5.91 Å². The van der Waals surface area contributed by atoms with E-state index in [4.69, 9.17) is 26.1 Å². The minimum absolute atomic E-state index is 0.0847. The van der Waals surface area contributed by atoms with Crippen molar-refractivity contribution in [2.45, 2.75) is 25.3 Å². The maximum absolute atomic E-state index is 12.6. The van der Waals surface area contributed by atoms with Crippen molar-refractivity contribution < 1.29 is 34.1 Å². The Hall–Kier alpha value is -4.21. The van der Waals surface area contributed by atoms with Crippen molar-refractivity contribution in [1.82, 2.24) is 5.32 Å². The van der Waals surface area contributed by atoms with E-state index in [0.29, 0.717) is 35.3 Å². The summed E-state index contributed by atoms with van der Waals surface area (Å²) in [5.41, 5.74) is 7.54. The van der Waals surface area contributed by atoms with Crippen LogP contribution in [0.2, 0.25) is 0 Å². The summed E-state index contributed by atoms with van der Waals surface area (Å²) < 4.78 is 5.44. The smallest absolute Gasteiger partial charge is 0.343 e. The van der Waals surface area contributed by atoms with Crippen LogP contribution in [-0.2, 0) is 22.4 Å². The lowest BCUT2D eigenvalue weighted by atomic mass is 9.95. The number of carboxylic acid groups (broad SMARTS) is 2. The maximum Gasteiger partial charge on any atom is 0.343 e. The molecule has 0 saturated carbocycles. The SMILES string of the molecule is N=C(N)c1ccc2c(c1)CCc1cc(C(=O)NC(CC(=O)O)C(=O)O)ccc1C(=O)O2. The third-order valence-corrected chi connectivity index (χ3v) is 4.81. The molecule has 1 amide bonds. The number of aliphatic carboxylic acids is 2. The minimum Gasteiger partial charge on any atom is -0.481 e. The molecule has 1 atom stereocenters. The number of aryl methyl sites for hydroxylation is 2. The van der Waals surface area contributed by atoms with Crippen molar-refractivity contribution in [3.05, 3.63) is 64.2 Å². The summed E-state index contributed by atoms with van der Waals surface area (Å²) in [7, 11) is 0. The molecule has 0 saturated heterocycles. The highest BCUT2D eigenvalue weighted by Gasteiger charge is 2.25. The molecule has 1 aliphatic rings. The lowest BCUT2D eigenvalue weighted by Gasteiger charge is -2.18. The summed E-state index contributed by atoms with van der Waals surface area (Å²) >= 11 is 0. The number of nitrogens with two attached hydrogens (primary N) is 1. The van der Waals surface area contributed by atoms with Crippen LogP contribution in [-0.4, -0.2) is 45.9 Å². The molecule has 31 heavy (non-hydrogen) atoms. The van der Waals surface area contributed by atoms with E-state index in [1.807, 2.05) is 0 Å². The van der Waals surface area contributed by atoms with Gasteiger partial charge in [-0.05, 0) is 60.4 Å². The largest absolute Gasteiger partial charge is 0.481 e. The predicted octanol–water partition coefficient (Wildman–Crippen LogP) is 0.946. The van der Waals surface area contributed by atoms with E-state index >= 15 is 0 Å². The number of ether oxygens (including phenoxy) is 1. The average molecular weight is 425 g/mol. The topological polar surface area (TPSA) is 180 Å². The maximum atomic E-state index is 12.6. The summed E-state index contributed by atoms with van der Waals surface area (Å²) in [6.07, 6.45) is 0.0452. The van der Waals surface area contributed by atoms with Crippen LogP contribution in [0.4, 0.5) is 0 Å². The van der Waals surface area contributed by atoms with Gasteiger partial charge in [0, 0.05) is 11.1 Å². The van der Waals surface area contributed by atoms with Crippen LogP contribution in [0.1, 0.15) is 43.8 Å². The molecule has 1 heterocycles. The summed E-state index contributed by atoms with van der Waals surface area (Å²) in [6.45, 7) is 0. The molecular weight excluding hydrogens is 406 g/mol. The number of hydrogen-bond donors (Lipinski definition) is 5. The van der Waals surface area contributed by atoms with E-state index in [2.05, 4.69) is 5.32 Å². The third-order valence-electron chi connectivity index (χ3n) is 4.81. The van der Waals surface area contributed by atoms with Crippen LogP contribution in [0, 0.1) is 5.41 Å². The number of benzene rings is 2. The zero-order valence-electron chi connectivity index (χ0n) is 16.2. The average Bonchev–Trinajstić information content (AvgIpc) is 2.70. The van der Waals surface area contributed by atoms with E-state index in [0.717, 1.165) is 0 Å². The van der Waals surface area contributed by atoms with Crippen LogP contribution >= 0.6 is 0 Å². The van der Waals surface area contributed by atoms with Crippen LogP contribution in [0.15, 0.2) is 36.4 Å². The van der Waals surface area contributed by atoms with Crippen LogP contribution < -0.4 is 15.8 Å². The first-order chi connectivity index (χ1) is 14.7. The number of carboxylic acids is 2. The number of carbonyl (C=O) groups excluding carboxylic acids is 2. The van der Waals surface area contributed by atoms with Crippen molar-refractivity contribution in [2.24, 2.45) is 5.73 Å². The fraction of sp³-hybridized carbons (Fsp3) is 0.190. The number of carbonyl (C=O) groups is 4. The molecule has 10 heteroatoms. The Balaban J connectivity index is 1.86. The normalized spacial score (nSPS) is 13.5. The molecule has 160 valence electrons. The lowest BCUT2D eigenvalue weighted by Crippen LogP contribution is -2.42. The fourth-order valence-corrected chi connectivity index (χ4v) is 3.22. The standard InChI is InChI=1S/C21H19N3O7/c22-18(23)12-4-6-16-11(8-12)2-1-10-7-13(3-5-14(10)21(30)31-16)19(27)24-15(20(28)29)9-17(25)26/h3-8,15H,1-2,9H2,(H3,22,23)(H,24,27)(H,25,26)(H,28,29). The molecule has 6 N–H and O–H groups in total. The second kappa shape index (κ2) is 8.66. The molecule has 10 nitrogen and oxygen atoms in total. The first kappa shape index (κ1) is 21.5. The van der Waals surface area contributed by atoms with Gasteiger partial charge in [0.1, 0.15) is 17.6 Å². The molecule has 1 unspecified atom stereocenters. The van der Waals surface area contributed by atoms with Crippen LogP contribution in [0.5, 0.6) is 5.75 Å². The monoisotopic (exact) mass is 425 g/mol. The number of fused-ring (bicyclic) bond motifs is 2. The van der Waals surface area contributed by atoms with Crippen molar-refractivity contribution in [1.29, 1.82) is 5.41 Å². The number of amidine groups is 1. The van der Waals surface area contributed by atoms with E-state index in [9.17, 15) is 19.2 Å². The summed E-state index contributed by atoms with van der Waals surface area (Å²) in [5, 5.41) is 27.6. The molecule has 0 radical (unpaired) electrons. The van der Waals surface area contributed by atoms with E-state index < -0.39 is 36.3 Å². The van der Waals surface area contributed by atoms with Gasteiger partial charge in [-0.1, -0.05) is 0 Å². The molecular formula is C21H19N3O7. The second-order valence-electron chi connectivity index (χ2n) is 6.96. The highest BCUT2D eigenvalue weighted by molar-refractivity contribution is 6.00. The Morgan fingerprint density at radius 1 is 1.06 bits per heavy atom. The second-order valence-corrected chi connectivity index (χ2v) is 6.96. The molecule has 2 aromatic rings. The van der Waals surface area contributed by atoms with Gasteiger partial charge in [-0.15, -0.1) is 0 Å². The lowest BCUT2D eigenvalue weighted by molar-refractivity contribution is -0.145. The Labute approximate surface area is 176 Å². The molecule has 0 spiro atoms. The van der Waals surface area contributed by atoms with Gasteiger partial charge >= 0.3 is 17.9 Å². The number of nitrogens with one attached hydrogen (secondary N) is 2. The minimum atomic E-state index is -1.59. The first-order valence-electron chi connectivity index (χ1n) is 9.23. The first-order valence-corrected chi connectivity index (χ1v) is 9.23. The van der Waals surface area contributed by atoms with E-state index in [-0.39, 0.29) is 17.0 Å². The quantitative estimate of drug-likeness (QED) is 0.196. The fourth-order valence-electron chi connectivity index (χ4n) is 3.22. The Morgan fingerprint density at radius 3 is 2.35 bits per heavy atom. The Morgan fingerprint density at radius 2 is 1.71 bits per heavy atom. The van der Waals surface area contributed by atoms with E-state index in [1.165, 1.54) is 18.2 Å². The highest BCUT2D eigenvalue weighted by atomic mass is 16.5. The van der Waals surface area contributed by atoms with Crippen molar-refractivity contribution in [3.8, 4) is 5.75 Å². The Kier molecular flexibility index (Phi) is 6.00. The number of amides is 1. The number of esters is 1. The zero-order chi connectivity index (χ0) is 22.7. The van der Waals surface area contributed by atoms with Gasteiger partial charge in [0.2, 0.25) is 0 Å². The van der Waals surface area contributed by atoms with Crippen molar-refractivity contribution in [2.75, 3.05) is 0 Å². The summed E-state index contributed by atoms with van der Waals surface area (Å²) in [5.74, 6) is -3.98. The third kappa shape index (κ3) is 4.86. The van der Waals surface area contributed by atoms with Gasteiger partial charge in [0.05, 0.1) is 12.0 Å². The zero-order valence-corrected chi connectivity index (χ0v) is 16.2. The highest BCUT2D eigenvalue weighted by Crippen LogP contribution is 2.27. The molecule has 3 rings (SSSR count). The summed E-state index contributed by atoms with van der Waals surface area (Å²) in [6, 6.07) is 7.44. The Bertz CT molecular complexity index is 1110. The van der Waals surface area contributed by atoms with Crippen molar-refractivity contribution in [3.63, 3.8) is 0 Å². The number of hydrogen-bond acceptors (Lipinski definition) is 6. The molecule has 0 fully saturated rings. The molecule has 2 aromatic carbocycles. The number of nitrogen functional groups attached to an aromatic ring is 1. The predicted molar refractivity (Wildman–Crippen MR) is 107 cm³/mol. The van der Waals surface area contributed by atoms with E-state index in [1.54, 1.807) is 18.2 Å². The van der Waals surface area contributed by atoms with Gasteiger partial charge in [-0.2, -0.15) is 0 Å². The van der Waals surface area contributed by atoms with Gasteiger partial charge in [-0.25, -0.2) is 9.59 Å². The van der Waals surface area contributed by atoms with Crippen LogP contribution in [0.3, 0.4) is 0 Å². The number of rotatable bonds is 6. The summed E-state index contributed by atoms with van der Waals surface area (Å²) in [4.78, 5) is 47.0. The van der Waals surface area contributed by atoms with Gasteiger partial charge < -0.3 is 26.0 Å². The van der Waals surface area contributed by atoms with Crippen molar-refractivity contribution >= 4 is 29.7 Å². The molecule has 0 bridgehead atoms. The van der Waals surface area contributed by atoms with Gasteiger partial charge in [0.15, 0.2) is 0 Å². The molecule has 0 aliphatic carbocycles. The molecule has 0 aromatic heterocycles. The van der Waals surface area contributed by atoms with Gasteiger partial charge in [-0.3, -0.25) is 15.0 Å².